The summed E-state index contributed by atoms with van der Waals surface area (Å²) in [6, 6.07) is 26.2. The zero-order valence-electron chi connectivity index (χ0n) is 38.5. The van der Waals surface area contributed by atoms with E-state index in [-0.39, 0.29) is 21.9 Å². The van der Waals surface area contributed by atoms with Gasteiger partial charge in [-0.2, -0.15) is 0 Å². The second-order valence-electron chi connectivity index (χ2n) is 20.5. The maximum Gasteiger partial charge on any atom is 0.131 e. The molecule has 3 heteroatoms. The number of fused-ring (bicyclic) bond motifs is 2. The molecule has 0 amide bonds. The summed E-state index contributed by atoms with van der Waals surface area (Å²) in [5, 5.41) is 0. The Morgan fingerprint density at radius 2 is 0.793 bits per heavy atom. The van der Waals surface area contributed by atoms with Crippen LogP contribution in [0.1, 0.15) is 132 Å². The number of rotatable bonds is 7. The fourth-order valence-electron chi connectivity index (χ4n) is 10.8. The summed E-state index contributed by atoms with van der Waals surface area (Å²) in [5.74, 6) is 2.00. The van der Waals surface area contributed by atoms with Crippen LogP contribution in [0.25, 0.3) is 40.0 Å². The molecule has 0 aromatic heterocycles. The number of aryl methyl sites for hydroxylation is 6. The van der Waals surface area contributed by atoms with E-state index in [2.05, 4.69) is 182 Å². The van der Waals surface area contributed by atoms with Gasteiger partial charge in [-0.05, 0) is 110 Å². The Kier molecular flexibility index (Phi) is 10.5. The van der Waals surface area contributed by atoms with E-state index in [1.807, 2.05) is 14.2 Å². The Hall–Kier alpha value is -4.60. The summed E-state index contributed by atoms with van der Waals surface area (Å²) in [4.78, 5) is 0. The van der Waals surface area contributed by atoms with Gasteiger partial charge in [0.2, 0.25) is 0 Å². The molecule has 5 aromatic carbocycles. The molecule has 0 radical (unpaired) electrons. The Balaban J connectivity index is 1.58. The van der Waals surface area contributed by atoms with Gasteiger partial charge in [0.25, 0.3) is 0 Å². The molecular formula is C55H66O2Si. The first-order valence-corrected chi connectivity index (χ1v) is 24.4. The summed E-state index contributed by atoms with van der Waals surface area (Å²) in [5.41, 5.74) is 25.2. The quantitative estimate of drug-likeness (QED) is 0.153. The van der Waals surface area contributed by atoms with E-state index in [0.29, 0.717) is 0 Å². The minimum Gasteiger partial charge on any atom is -0.496 e. The molecule has 2 unspecified atom stereocenters. The molecule has 0 bridgehead atoms. The average molecular weight is 787 g/mol. The lowest BCUT2D eigenvalue weighted by atomic mass is 9.81. The molecule has 0 saturated heterocycles. The number of hydrogen-bond acceptors (Lipinski definition) is 2. The van der Waals surface area contributed by atoms with Gasteiger partial charge in [-0.3, -0.25) is 0 Å². The predicted molar refractivity (Wildman–Crippen MR) is 254 cm³/mol. The van der Waals surface area contributed by atoms with Crippen molar-refractivity contribution in [1.29, 1.82) is 0 Å². The first-order valence-electron chi connectivity index (χ1n) is 21.2. The van der Waals surface area contributed by atoms with Crippen molar-refractivity contribution in [3.05, 3.63) is 145 Å². The lowest BCUT2D eigenvalue weighted by Crippen LogP contribution is -2.42. The van der Waals surface area contributed by atoms with E-state index in [0.717, 1.165) is 11.5 Å². The lowest BCUT2D eigenvalue weighted by molar-refractivity contribution is 0.399. The van der Waals surface area contributed by atoms with Gasteiger partial charge in [0.1, 0.15) is 11.5 Å². The van der Waals surface area contributed by atoms with Crippen LogP contribution in [0.3, 0.4) is 0 Å². The fraction of sp³-hybridized carbons (Fsp3) is 0.382. The maximum atomic E-state index is 6.53. The molecule has 2 atom stereocenters. The standard InChI is InChI=1S/C55H66O2Si/c1-31-18-32(2)22-38(21-31)41-28-43-45(30-47(55(11,12)13)51(57-15)49(43)40-25-35(5)20-36(6)26-40)53(41)58(16,17)52-37(7)27-42-44(52)29-46(54(8,9)10)50(56-14)48(42)39-23-33(3)19-34(4)24-39/h18-30,52-53H,1-17H3. The zero-order chi connectivity index (χ0) is 42.4. The van der Waals surface area contributed by atoms with Crippen LogP contribution in [-0.4, -0.2) is 22.3 Å². The Labute approximate surface area is 351 Å². The van der Waals surface area contributed by atoms with Crippen LogP contribution >= 0.6 is 0 Å². The van der Waals surface area contributed by atoms with E-state index in [4.69, 9.17) is 9.47 Å². The number of hydrogen-bond donors (Lipinski definition) is 0. The van der Waals surface area contributed by atoms with Crippen LogP contribution < -0.4 is 9.47 Å². The van der Waals surface area contributed by atoms with Gasteiger partial charge < -0.3 is 9.47 Å². The molecule has 0 N–H and O–H groups in total. The highest BCUT2D eigenvalue weighted by atomic mass is 28.3. The first kappa shape index (κ1) is 41.6. The Morgan fingerprint density at radius 3 is 1.16 bits per heavy atom. The van der Waals surface area contributed by atoms with Crippen molar-refractivity contribution in [3.63, 3.8) is 0 Å². The normalized spacial score (nSPS) is 16.6. The summed E-state index contributed by atoms with van der Waals surface area (Å²) < 4.78 is 13.0. The van der Waals surface area contributed by atoms with Crippen LogP contribution in [0.4, 0.5) is 0 Å². The molecule has 58 heavy (non-hydrogen) atoms. The van der Waals surface area contributed by atoms with Gasteiger partial charge in [0, 0.05) is 33.3 Å². The van der Waals surface area contributed by atoms with Gasteiger partial charge in [-0.25, -0.2) is 0 Å². The maximum absolute atomic E-state index is 6.53. The van der Waals surface area contributed by atoms with Gasteiger partial charge in [-0.15, -0.1) is 0 Å². The zero-order valence-corrected chi connectivity index (χ0v) is 39.5. The van der Waals surface area contributed by atoms with E-state index in [9.17, 15) is 0 Å². The first-order chi connectivity index (χ1) is 27.0. The third kappa shape index (κ3) is 7.12. The molecule has 2 nitrogen and oxygen atoms in total. The number of benzene rings is 5. The summed E-state index contributed by atoms with van der Waals surface area (Å²) in [6.45, 7) is 35.1. The van der Waals surface area contributed by atoms with Crippen molar-refractivity contribution in [2.45, 2.75) is 125 Å². The molecule has 0 fully saturated rings. The average Bonchev–Trinajstić information content (AvgIpc) is 3.66. The molecule has 0 heterocycles. The molecule has 0 aliphatic heterocycles. The topological polar surface area (TPSA) is 18.5 Å². The number of allylic oxidation sites excluding steroid dienone is 2. The van der Waals surface area contributed by atoms with Crippen LogP contribution in [0.2, 0.25) is 13.1 Å². The van der Waals surface area contributed by atoms with Gasteiger partial charge in [0.05, 0.1) is 22.3 Å². The summed E-state index contributed by atoms with van der Waals surface area (Å²) in [7, 11) is 1.31. The van der Waals surface area contributed by atoms with Crippen LogP contribution in [-0.2, 0) is 10.8 Å². The van der Waals surface area contributed by atoms with Gasteiger partial charge >= 0.3 is 0 Å². The van der Waals surface area contributed by atoms with E-state index < -0.39 is 8.07 Å². The second kappa shape index (κ2) is 14.6. The highest BCUT2D eigenvalue weighted by molar-refractivity contribution is 6.83. The Bertz CT molecular complexity index is 2480. The summed E-state index contributed by atoms with van der Waals surface area (Å²) in [6.07, 6.45) is 5.08. The second-order valence-corrected chi connectivity index (χ2v) is 25.3. The molecular weight excluding hydrogens is 721 g/mol. The smallest absolute Gasteiger partial charge is 0.131 e. The Morgan fingerprint density at radius 1 is 0.448 bits per heavy atom. The molecule has 7 rings (SSSR count). The minimum atomic E-state index is -2.41. The van der Waals surface area contributed by atoms with E-state index in [1.54, 1.807) is 0 Å². The van der Waals surface area contributed by atoms with Crippen molar-refractivity contribution in [2.24, 2.45) is 0 Å². The van der Waals surface area contributed by atoms with Crippen LogP contribution in [0, 0.1) is 41.5 Å². The van der Waals surface area contributed by atoms with Crippen LogP contribution in [0.5, 0.6) is 11.5 Å². The van der Waals surface area contributed by atoms with Gasteiger partial charge in [0.15, 0.2) is 0 Å². The highest BCUT2D eigenvalue weighted by Gasteiger charge is 2.50. The molecule has 302 valence electrons. The van der Waals surface area contributed by atoms with Crippen molar-refractivity contribution in [2.75, 3.05) is 14.2 Å². The molecule has 0 spiro atoms. The van der Waals surface area contributed by atoms with Crippen molar-refractivity contribution < 1.29 is 9.47 Å². The fourth-order valence-corrected chi connectivity index (χ4v) is 15.6. The van der Waals surface area contributed by atoms with Crippen molar-refractivity contribution in [1.82, 2.24) is 0 Å². The van der Waals surface area contributed by atoms with Crippen LogP contribution in [0.15, 0.2) is 72.3 Å². The molecule has 5 aromatic rings. The monoisotopic (exact) mass is 786 g/mol. The predicted octanol–water partition coefficient (Wildman–Crippen LogP) is 15.1. The lowest BCUT2D eigenvalue weighted by Gasteiger charge is -2.41. The minimum absolute atomic E-state index is 0.121. The van der Waals surface area contributed by atoms with Gasteiger partial charge in [-0.1, -0.05) is 166 Å². The van der Waals surface area contributed by atoms with E-state index in [1.165, 1.54) is 106 Å². The molecule has 2 aliphatic rings. The third-order valence-electron chi connectivity index (χ3n) is 12.9. The summed E-state index contributed by atoms with van der Waals surface area (Å²) >= 11 is 0. The molecule has 2 aliphatic carbocycles. The largest absolute Gasteiger partial charge is 0.496 e. The van der Waals surface area contributed by atoms with Crippen molar-refractivity contribution in [3.8, 4) is 33.8 Å². The van der Waals surface area contributed by atoms with E-state index >= 15 is 0 Å². The SMILES string of the molecule is COc1c(C(C)(C)C)cc2c(c1-c1cc(C)cc(C)c1)C=C(C)C2[Si](C)(C)C1C(c2cc(C)cc(C)c2)=Cc2c1cc(C(C)(C)C)c(OC)c2-c1cc(C)cc(C)c1. The number of ether oxygens (including phenoxy) is 2. The highest BCUT2D eigenvalue weighted by Crippen LogP contribution is 2.60. The van der Waals surface area contributed by atoms with Crippen molar-refractivity contribution >= 4 is 25.8 Å². The third-order valence-corrected chi connectivity index (χ3v) is 17.2. The molecule has 0 saturated carbocycles. The number of methoxy groups -OCH3 is 2.